The zero-order chi connectivity index (χ0) is 31.0. The van der Waals surface area contributed by atoms with Gasteiger partial charge in [0, 0.05) is 61.2 Å². The Morgan fingerprint density at radius 2 is 1.77 bits per heavy atom. The molecule has 1 spiro atoms. The maximum absolute atomic E-state index is 14.2. The molecule has 3 saturated heterocycles. The van der Waals surface area contributed by atoms with E-state index in [0.29, 0.717) is 57.5 Å². The lowest BCUT2D eigenvalue weighted by molar-refractivity contribution is -0.145. The molecule has 1 aromatic carbocycles. The Bertz CT molecular complexity index is 1390. The molecule has 0 saturated carbocycles. The van der Waals surface area contributed by atoms with Gasteiger partial charge in [0.05, 0.1) is 29.1 Å². The second kappa shape index (κ2) is 12.6. The van der Waals surface area contributed by atoms with Gasteiger partial charge in [-0.15, -0.1) is 11.3 Å². The van der Waals surface area contributed by atoms with Crippen LogP contribution in [0.4, 0.5) is 0 Å². The van der Waals surface area contributed by atoms with Gasteiger partial charge in [-0.05, 0) is 51.2 Å². The third-order valence-corrected chi connectivity index (χ3v) is 11.0. The number of benzene rings is 1. The summed E-state index contributed by atoms with van der Waals surface area (Å²) in [4.78, 5) is 66.5. The Morgan fingerprint density at radius 3 is 2.45 bits per heavy atom. The Kier molecular flexibility index (Phi) is 8.79. The van der Waals surface area contributed by atoms with Gasteiger partial charge in [-0.25, -0.2) is 4.98 Å². The van der Waals surface area contributed by atoms with Crippen LogP contribution >= 0.6 is 11.3 Å². The second-order valence-electron chi connectivity index (χ2n) is 13.3. The van der Waals surface area contributed by atoms with E-state index in [4.69, 9.17) is 4.98 Å². The Labute approximate surface area is 263 Å². The van der Waals surface area contributed by atoms with Crippen LogP contribution in [0, 0.1) is 6.92 Å². The molecule has 10 nitrogen and oxygen atoms in total. The van der Waals surface area contributed by atoms with Crippen LogP contribution in [0.2, 0.25) is 0 Å². The molecular formula is C33H44N6O4S. The van der Waals surface area contributed by atoms with Gasteiger partial charge in [0.25, 0.3) is 5.91 Å². The highest BCUT2D eigenvalue weighted by molar-refractivity contribution is 7.11. The molecule has 2 atom stereocenters. The highest BCUT2D eigenvalue weighted by atomic mass is 32.1. The van der Waals surface area contributed by atoms with Crippen molar-refractivity contribution in [3.63, 3.8) is 0 Å². The predicted octanol–water partition coefficient (Wildman–Crippen LogP) is 2.86. The predicted molar refractivity (Wildman–Crippen MR) is 168 cm³/mol. The summed E-state index contributed by atoms with van der Waals surface area (Å²) < 4.78 is 0. The Balaban J connectivity index is 1.29. The van der Waals surface area contributed by atoms with E-state index >= 15 is 0 Å². The number of hydrogen-bond donors (Lipinski definition) is 2. The SMILES string of the molecule is Cc1sc2nc1CC(=O)NC1(CCN(C(=O)c3ccccc3)CC1)CC(=O)N1C[C@@H](NC(C)C)C[C@H]1C(=O)N1CCC2CC1. The Hall–Kier alpha value is -3.31. The van der Waals surface area contributed by atoms with Gasteiger partial charge < -0.3 is 25.3 Å². The van der Waals surface area contributed by atoms with Crippen molar-refractivity contribution in [2.45, 2.75) is 95.3 Å². The maximum Gasteiger partial charge on any atom is 0.253 e. The van der Waals surface area contributed by atoms with Crippen LogP contribution in [0.1, 0.15) is 84.2 Å². The molecule has 3 fully saturated rings. The lowest BCUT2D eigenvalue weighted by Gasteiger charge is -2.43. The van der Waals surface area contributed by atoms with Crippen molar-refractivity contribution in [3.05, 3.63) is 51.5 Å². The second-order valence-corrected chi connectivity index (χ2v) is 14.5. The van der Waals surface area contributed by atoms with Crippen LogP contribution in [0.25, 0.3) is 0 Å². The summed E-state index contributed by atoms with van der Waals surface area (Å²) in [5, 5.41) is 7.86. The van der Waals surface area contributed by atoms with Gasteiger partial charge in [0.1, 0.15) is 6.04 Å². The first-order chi connectivity index (χ1) is 21.1. The highest BCUT2D eigenvalue weighted by Crippen LogP contribution is 2.35. The van der Waals surface area contributed by atoms with Crippen LogP contribution in [0.5, 0.6) is 0 Å². The quantitative estimate of drug-likeness (QED) is 0.546. The van der Waals surface area contributed by atoms with Gasteiger partial charge in [0.2, 0.25) is 17.7 Å². The van der Waals surface area contributed by atoms with E-state index in [0.717, 1.165) is 28.4 Å². The maximum atomic E-state index is 14.2. The fraction of sp³-hybridized carbons (Fsp3) is 0.606. The van der Waals surface area contributed by atoms with Gasteiger partial charge in [0.15, 0.2) is 0 Å². The van der Waals surface area contributed by atoms with Crippen molar-refractivity contribution in [3.8, 4) is 0 Å². The van der Waals surface area contributed by atoms with E-state index in [1.165, 1.54) is 0 Å². The molecule has 236 valence electrons. The molecule has 11 heteroatoms. The number of likely N-dealkylation sites (tertiary alicyclic amines) is 1. The molecule has 7 rings (SSSR count). The first kappa shape index (κ1) is 30.7. The number of piperidine rings is 2. The van der Waals surface area contributed by atoms with E-state index in [2.05, 4.69) is 24.5 Å². The smallest absolute Gasteiger partial charge is 0.253 e. The van der Waals surface area contributed by atoms with Crippen molar-refractivity contribution < 1.29 is 19.2 Å². The van der Waals surface area contributed by atoms with E-state index in [9.17, 15) is 19.2 Å². The topological polar surface area (TPSA) is 115 Å². The number of aromatic nitrogens is 1. The summed E-state index contributed by atoms with van der Waals surface area (Å²) in [6, 6.07) is 8.93. The van der Waals surface area contributed by atoms with E-state index < -0.39 is 11.6 Å². The number of hydrogen-bond acceptors (Lipinski definition) is 7. The summed E-state index contributed by atoms with van der Waals surface area (Å²) >= 11 is 1.66. The van der Waals surface area contributed by atoms with Crippen LogP contribution in [-0.2, 0) is 20.8 Å². The summed E-state index contributed by atoms with van der Waals surface area (Å²) in [6.07, 6.45) is 3.41. The van der Waals surface area contributed by atoms with Crippen LogP contribution in [0.3, 0.4) is 0 Å². The van der Waals surface area contributed by atoms with Gasteiger partial charge in [-0.2, -0.15) is 0 Å². The molecular weight excluding hydrogens is 576 g/mol. The lowest BCUT2D eigenvalue weighted by Crippen LogP contribution is -2.59. The van der Waals surface area contributed by atoms with Crippen molar-refractivity contribution in [1.82, 2.24) is 30.3 Å². The molecule has 2 aromatic rings. The summed E-state index contributed by atoms with van der Waals surface area (Å²) in [7, 11) is 0. The molecule has 5 aliphatic rings. The normalized spacial score (nSPS) is 24.7. The molecule has 0 unspecified atom stereocenters. The molecule has 4 bridgehead atoms. The van der Waals surface area contributed by atoms with Gasteiger partial charge in [-0.1, -0.05) is 32.0 Å². The minimum Gasteiger partial charge on any atom is -0.350 e. The van der Waals surface area contributed by atoms with Gasteiger partial charge in [-0.3, -0.25) is 19.2 Å². The minimum atomic E-state index is -0.818. The van der Waals surface area contributed by atoms with Crippen LogP contribution in [-0.4, -0.2) is 99.7 Å². The monoisotopic (exact) mass is 620 g/mol. The van der Waals surface area contributed by atoms with E-state index in [-0.39, 0.29) is 54.5 Å². The fourth-order valence-corrected chi connectivity index (χ4v) is 8.52. The minimum absolute atomic E-state index is 0.0225. The summed E-state index contributed by atoms with van der Waals surface area (Å²) in [5.74, 6) is -0.0327. The number of carbonyl (C=O) groups excluding carboxylic acids is 4. The standard InChI is InChI=1S/C33H44N6O4S/c1-21(2)34-25-17-27-32(43)37-13-9-23(10-14-37)30-35-26(22(3)44-30)18-28(40)36-33(19-29(41)39(27)20-25)11-15-38(16-12-33)31(42)24-7-5-4-6-8-24/h4-8,21,23,25,27,34H,9-20H2,1-3H3,(H,36,40)/t25-,27-/m0/s1. The zero-order valence-electron chi connectivity index (χ0n) is 26.0. The molecule has 1 aromatic heterocycles. The molecule has 0 aliphatic carbocycles. The van der Waals surface area contributed by atoms with Crippen molar-refractivity contribution in [2.75, 3.05) is 32.7 Å². The van der Waals surface area contributed by atoms with E-state index in [1.54, 1.807) is 16.2 Å². The molecule has 44 heavy (non-hydrogen) atoms. The third kappa shape index (κ3) is 6.40. The van der Waals surface area contributed by atoms with Crippen molar-refractivity contribution in [1.29, 1.82) is 0 Å². The number of aryl methyl sites for hydroxylation is 1. The summed E-state index contributed by atoms with van der Waals surface area (Å²) in [5.41, 5.74) is 0.596. The first-order valence-corrected chi connectivity index (χ1v) is 16.9. The molecule has 6 heterocycles. The van der Waals surface area contributed by atoms with Crippen LogP contribution < -0.4 is 10.6 Å². The number of rotatable bonds is 3. The van der Waals surface area contributed by atoms with E-state index in [1.807, 2.05) is 47.1 Å². The number of amides is 4. The van der Waals surface area contributed by atoms with Crippen molar-refractivity contribution in [2.24, 2.45) is 0 Å². The number of nitrogens with one attached hydrogen (secondary N) is 2. The average Bonchev–Trinajstić information content (AvgIpc) is 3.59. The summed E-state index contributed by atoms with van der Waals surface area (Å²) in [6.45, 7) is 8.78. The third-order valence-electron chi connectivity index (χ3n) is 9.79. The van der Waals surface area contributed by atoms with Crippen LogP contribution in [0.15, 0.2) is 30.3 Å². The average molecular weight is 621 g/mol. The first-order valence-electron chi connectivity index (χ1n) is 16.1. The van der Waals surface area contributed by atoms with Crippen molar-refractivity contribution >= 4 is 35.0 Å². The number of nitrogens with zero attached hydrogens (tertiary/aromatic N) is 4. The molecule has 4 amide bonds. The lowest BCUT2D eigenvalue weighted by atomic mass is 9.83. The highest BCUT2D eigenvalue weighted by Gasteiger charge is 2.46. The number of thiazole rings is 1. The fourth-order valence-electron chi connectivity index (χ4n) is 7.41. The molecule has 5 aliphatic heterocycles. The number of carbonyl (C=O) groups is 4. The Morgan fingerprint density at radius 1 is 1.07 bits per heavy atom. The molecule has 0 radical (unpaired) electrons. The number of fused-ring (bicyclic) bond motifs is 5. The van der Waals surface area contributed by atoms with Gasteiger partial charge >= 0.3 is 0 Å². The zero-order valence-corrected chi connectivity index (χ0v) is 26.8. The molecule has 2 N–H and O–H groups in total. The largest absolute Gasteiger partial charge is 0.350 e.